The zero-order chi connectivity index (χ0) is 12.2. The van der Waals surface area contributed by atoms with Gasteiger partial charge in [0, 0.05) is 19.0 Å². The number of hydrogen-bond donors (Lipinski definition) is 2. The molecule has 2 unspecified atom stereocenters. The van der Waals surface area contributed by atoms with Gasteiger partial charge in [0.2, 0.25) is 5.91 Å². The summed E-state index contributed by atoms with van der Waals surface area (Å²) in [4.78, 5) is 11.6. The van der Waals surface area contributed by atoms with Gasteiger partial charge in [-0.05, 0) is 37.6 Å². The lowest BCUT2D eigenvalue weighted by atomic mass is 9.91. The van der Waals surface area contributed by atoms with Gasteiger partial charge >= 0.3 is 0 Å². The zero-order valence-corrected chi connectivity index (χ0v) is 11.1. The molecule has 94 valence electrons. The Labute approximate surface area is 99.4 Å². The summed E-state index contributed by atoms with van der Waals surface area (Å²) in [6.07, 6.45) is 3.06. The average Bonchev–Trinajstić information content (AvgIpc) is 2.14. The van der Waals surface area contributed by atoms with E-state index in [9.17, 15) is 4.79 Å². The quantitative estimate of drug-likeness (QED) is 0.772. The predicted molar refractivity (Wildman–Crippen MR) is 67.3 cm³/mol. The smallest absolute Gasteiger partial charge is 0.220 e. The van der Waals surface area contributed by atoms with E-state index in [0.717, 1.165) is 13.1 Å². The van der Waals surface area contributed by atoms with Crippen molar-refractivity contribution in [3.8, 4) is 0 Å². The molecule has 1 aliphatic heterocycles. The molecule has 0 saturated carbocycles. The van der Waals surface area contributed by atoms with Crippen LogP contribution in [0.1, 0.15) is 47.0 Å². The van der Waals surface area contributed by atoms with Crippen LogP contribution in [0.5, 0.6) is 0 Å². The molecule has 16 heavy (non-hydrogen) atoms. The molecule has 0 radical (unpaired) electrons. The summed E-state index contributed by atoms with van der Waals surface area (Å²) in [6, 6.07) is 0.640. The molecule has 0 aromatic carbocycles. The lowest BCUT2D eigenvalue weighted by molar-refractivity contribution is -0.123. The van der Waals surface area contributed by atoms with Crippen molar-refractivity contribution < 1.29 is 4.79 Å². The van der Waals surface area contributed by atoms with Gasteiger partial charge in [0.15, 0.2) is 0 Å². The fourth-order valence-corrected chi connectivity index (χ4v) is 2.03. The topological polar surface area (TPSA) is 41.1 Å². The largest absolute Gasteiger partial charge is 0.356 e. The Bertz CT molecular complexity index is 225. The summed E-state index contributed by atoms with van der Waals surface area (Å²) in [5.74, 6) is 0.797. The van der Waals surface area contributed by atoms with Crippen LogP contribution in [-0.4, -0.2) is 25.0 Å². The molecular formula is C13H26N2O. The van der Waals surface area contributed by atoms with E-state index in [2.05, 4.69) is 38.3 Å². The fourth-order valence-electron chi connectivity index (χ4n) is 2.03. The van der Waals surface area contributed by atoms with Crippen LogP contribution in [-0.2, 0) is 4.79 Å². The highest BCUT2D eigenvalue weighted by molar-refractivity contribution is 5.76. The Kier molecular flexibility index (Phi) is 4.78. The van der Waals surface area contributed by atoms with Crippen molar-refractivity contribution in [2.24, 2.45) is 11.3 Å². The van der Waals surface area contributed by atoms with Gasteiger partial charge in [-0.3, -0.25) is 4.79 Å². The third-order valence-electron chi connectivity index (χ3n) is 3.04. The van der Waals surface area contributed by atoms with Crippen molar-refractivity contribution in [3.63, 3.8) is 0 Å². The van der Waals surface area contributed by atoms with E-state index >= 15 is 0 Å². The number of carbonyl (C=O) groups excluding carboxylic acids is 1. The molecule has 0 aromatic rings. The Balaban J connectivity index is 2.17. The number of hydrogen-bond acceptors (Lipinski definition) is 2. The fraction of sp³-hybridized carbons (Fsp3) is 0.923. The SMILES string of the molecule is CC1CCC(CNC(=O)CC(C)(C)C)CN1. The van der Waals surface area contributed by atoms with Gasteiger partial charge in [0.1, 0.15) is 0 Å². The molecule has 0 aromatic heterocycles. The van der Waals surface area contributed by atoms with E-state index in [0.29, 0.717) is 18.4 Å². The second-order valence-electron chi connectivity index (χ2n) is 6.29. The zero-order valence-electron chi connectivity index (χ0n) is 11.1. The maximum absolute atomic E-state index is 11.6. The summed E-state index contributed by atoms with van der Waals surface area (Å²) in [7, 11) is 0. The number of rotatable bonds is 3. The summed E-state index contributed by atoms with van der Waals surface area (Å²) in [5.41, 5.74) is 0.0867. The molecule has 3 nitrogen and oxygen atoms in total. The molecule has 2 atom stereocenters. The lowest BCUT2D eigenvalue weighted by Gasteiger charge is -2.28. The first kappa shape index (κ1) is 13.5. The van der Waals surface area contributed by atoms with Gasteiger partial charge in [0.05, 0.1) is 0 Å². The second-order valence-corrected chi connectivity index (χ2v) is 6.29. The van der Waals surface area contributed by atoms with Crippen LogP contribution in [0, 0.1) is 11.3 Å². The summed E-state index contributed by atoms with van der Waals surface area (Å²) in [5, 5.41) is 6.50. The first-order valence-electron chi connectivity index (χ1n) is 6.37. The predicted octanol–water partition coefficient (Wildman–Crippen LogP) is 1.93. The molecule has 1 saturated heterocycles. The van der Waals surface area contributed by atoms with Gasteiger partial charge in [-0.2, -0.15) is 0 Å². The van der Waals surface area contributed by atoms with Crippen LogP contribution in [0.4, 0.5) is 0 Å². The van der Waals surface area contributed by atoms with E-state index in [-0.39, 0.29) is 11.3 Å². The highest BCUT2D eigenvalue weighted by atomic mass is 16.1. The van der Waals surface area contributed by atoms with Gasteiger partial charge < -0.3 is 10.6 Å². The monoisotopic (exact) mass is 226 g/mol. The molecule has 1 heterocycles. The molecule has 3 heteroatoms. The van der Waals surface area contributed by atoms with Crippen LogP contribution >= 0.6 is 0 Å². The second kappa shape index (κ2) is 5.67. The van der Waals surface area contributed by atoms with Gasteiger partial charge in [0.25, 0.3) is 0 Å². The van der Waals surface area contributed by atoms with E-state index < -0.39 is 0 Å². The first-order chi connectivity index (χ1) is 7.37. The van der Waals surface area contributed by atoms with Crippen molar-refractivity contribution in [2.75, 3.05) is 13.1 Å². The first-order valence-corrected chi connectivity index (χ1v) is 6.37. The van der Waals surface area contributed by atoms with E-state index in [1.165, 1.54) is 12.8 Å². The van der Waals surface area contributed by atoms with Gasteiger partial charge in [-0.15, -0.1) is 0 Å². The van der Waals surface area contributed by atoms with Crippen molar-refractivity contribution >= 4 is 5.91 Å². The summed E-state index contributed by atoms with van der Waals surface area (Å²) >= 11 is 0. The normalized spacial score (nSPS) is 26.5. The minimum atomic E-state index is 0.0867. The minimum Gasteiger partial charge on any atom is -0.356 e. The number of amides is 1. The van der Waals surface area contributed by atoms with Crippen molar-refractivity contribution in [1.82, 2.24) is 10.6 Å². The molecule has 0 aliphatic carbocycles. The Morgan fingerprint density at radius 2 is 2.06 bits per heavy atom. The highest BCUT2D eigenvalue weighted by Gasteiger charge is 2.19. The third-order valence-corrected chi connectivity index (χ3v) is 3.04. The van der Waals surface area contributed by atoms with Crippen molar-refractivity contribution in [3.05, 3.63) is 0 Å². The van der Waals surface area contributed by atoms with Crippen molar-refractivity contribution in [1.29, 1.82) is 0 Å². The Morgan fingerprint density at radius 3 is 2.56 bits per heavy atom. The average molecular weight is 226 g/mol. The number of piperidine rings is 1. The molecule has 0 bridgehead atoms. The van der Waals surface area contributed by atoms with E-state index in [4.69, 9.17) is 0 Å². The molecule has 0 spiro atoms. The van der Waals surface area contributed by atoms with E-state index in [1.807, 2.05) is 0 Å². The highest BCUT2D eigenvalue weighted by Crippen LogP contribution is 2.18. The van der Waals surface area contributed by atoms with E-state index in [1.54, 1.807) is 0 Å². The standard InChI is InChI=1S/C13H26N2O/c1-10-5-6-11(8-14-10)9-15-12(16)7-13(2,3)4/h10-11,14H,5-9H2,1-4H3,(H,15,16). The Hall–Kier alpha value is -0.570. The molecule has 1 rings (SSSR count). The molecule has 2 N–H and O–H groups in total. The number of carbonyl (C=O) groups is 1. The third kappa shape index (κ3) is 5.50. The summed E-state index contributed by atoms with van der Waals surface area (Å²) < 4.78 is 0. The van der Waals surface area contributed by atoms with Crippen LogP contribution in [0.3, 0.4) is 0 Å². The van der Waals surface area contributed by atoms with Gasteiger partial charge in [-0.25, -0.2) is 0 Å². The van der Waals surface area contributed by atoms with Gasteiger partial charge in [-0.1, -0.05) is 20.8 Å². The lowest BCUT2D eigenvalue weighted by Crippen LogP contribution is -2.42. The Morgan fingerprint density at radius 1 is 1.38 bits per heavy atom. The molecule has 1 fully saturated rings. The summed E-state index contributed by atoms with van der Waals surface area (Å²) in [6.45, 7) is 10.4. The minimum absolute atomic E-state index is 0.0867. The maximum atomic E-state index is 11.6. The van der Waals surface area contributed by atoms with Crippen LogP contribution < -0.4 is 10.6 Å². The molecule has 1 amide bonds. The van der Waals surface area contributed by atoms with Crippen LogP contribution in [0.2, 0.25) is 0 Å². The molecular weight excluding hydrogens is 200 g/mol. The maximum Gasteiger partial charge on any atom is 0.220 e. The van der Waals surface area contributed by atoms with Crippen LogP contribution in [0.15, 0.2) is 0 Å². The molecule has 1 aliphatic rings. The number of nitrogens with one attached hydrogen (secondary N) is 2. The van der Waals surface area contributed by atoms with Crippen LogP contribution in [0.25, 0.3) is 0 Å². The van der Waals surface area contributed by atoms with Crippen molar-refractivity contribution in [2.45, 2.75) is 53.0 Å².